The number of fused-ring (bicyclic) bond motifs is 3. The topological polar surface area (TPSA) is 97.3 Å². The molecule has 2 saturated carbocycles. The number of hydrogen-bond acceptors (Lipinski definition) is 7. The van der Waals surface area contributed by atoms with Gasteiger partial charge in [-0.3, -0.25) is 0 Å². The minimum absolute atomic E-state index is 0.0157. The van der Waals surface area contributed by atoms with Gasteiger partial charge in [-0.05, 0) is 149 Å². The van der Waals surface area contributed by atoms with Crippen molar-refractivity contribution in [3.8, 4) is 0 Å². The van der Waals surface area contributed by atoms with Crippen LogP contribution in [0.5, 0.6) is 0 Å². The zero-order valence-electron chi connectivity index (χ0n) is 32.1. The highest BCUT2D eigenvalue weighted by Crippen LogP contribution is 2.49. The molecule has 8 nitrogen and oxygen atoms in total. The van der Waals surface area contributed by atoms with E-state index >= 15 is 8.78 Å². The lowest BCUT2D eigenvalue weighted by molar-refractivity contribution is 0.463. The molecule has 1 aromatic heterocycles. The second-order valence-corrected chi connectivity index (χ2v) is 17.9. The van der Waals surface area contributed by atoms with Gasteiger partial charge in [-0.25, -0.2) is 13.8 Å². The van der Waals surface area contributed by atoms with E-state index in [9.17, 15) is 0 Å². The third kappa shape index (κ3) is 6.57. The fourth-order valence-corrected chi connectivity index (χ4v) is 11.6. The molecule has 55 heavy (non-hydrogen) atoms. The van der Waals surface area contributed by atoms with Crippen LogP contribution in [0, 0.1) is 23.5 Å². The summed E-state index contributed by atoms with van der Waals surface area (Å²) in [5.74, 6) is 1.53. The molecule has 3 aromatic carbocycles. The molecule has 2 aliphatic carbocycles. The highest BCUT2D eigenvalue weighted by molar-refractivity contribution is 5.77. The van der Waals surface area contributed by atoms with Gasteiger partial charge in [-0.1, -0.05) is 25.0 Å². The molecule has 290 valence electrons. The number of H-pyrrole nitrogens is 1. The first-order valence-corrected chi connectivity index (χ1v) is 21.2. The third-order valence-corrected chi connectivity index (χ3v) is 14.2. The maximum Gasteiger partial charge on any atom is 0.151 e. The molecule has 10 heteroatoms. The minimum Gasteiger partial charge on any atom is -0.397 e. The Labute approximate surface area is 323 Å². The van der Waals surface area contributed by atoms with E-state index in [0.717, 1.165) is 90.5 Å². The fraction of sp³-hybridized carbons (Fsp3) is 0.533. The maximum atomic E-state index is 16.1. The zero-order valence-corrected chi connectivity index (χ0v) is 32.1. The Bertz CT molecular complexity index is 2040. The monoisotopic (exact) mass is 746 g/mol. The third-order valence-electron chi connectivity index (χ3n) is 14.2. The van der Waals surface area contributed by atoms with Crippen molar-refractivity contribution < 1.29 is 8.78 Å². The van der Waals surface area contributed by atoms with Crippen LogP contribution < -0.4 is 31.5 Å². The lowest BCUT2D eigenvalue weighted by atomic mass is 9.93. The van der Waals surface area contributed by atoms with Gasteiger partial charge in [0.15, 0.2) is 11.6 Å². The number of piperidine rings is 1. The first-order valence-electron chi connectivity index (χ1n) is 21.2. The normalized spacial score (nSPS) is 31.9. The molecule has 0 amide bonds. The van der Waals surface area contributed by atoms with Gasteiger partial charge >= 0.3 is 0 Å². The number of anilines is 4. The molecular weight excluding hydrogens is 691 g/mol. The number of nitrogen functional groups attached to an aromatic ring is 1. The Morgan fingerprint density at radius 2 is 1.56 bits per heavy atom. The number of nitrogens with zero attached hydrogens (tertiary/aromatic N) is 3. The van der Waals surface area contributed by atoms with Crippen molar-refractivity contribution >= 4 is 33.8 Å². The number of rotatable bonds is 8. The summed E-state index contributed by atoms with van der Waals surface area (Å²) in [7, 11) is 0. The lowest BCUT2D eigenvalue weighted by Crippen LogP contribution is -2.38. The van der Waals surface area contributed by atoms with Crippen LogP contribution in [0.3, 0.4) is 0 Å². The van der Waals surface area contributed by atoms with Crippen LogP contribution in [0.25, 0.3) is 11.0 Å². The van der Waals surface area contributed by atoms with E-state index in [1.165, 1.54) is 38.5 Å². The number of hydrogen-bond donors (Lipinski definition) is 5. The summed E-state index contributed by atoms with van der Waals surface area (Å²) in [6, 6.07) is 17.1. The van der Waals surface area contributed by atoms with E-state index in [1.54, 1.807) is 12.1 Å². The molecule has 6 fully saturated rings. The summed E-state index contributed by atoms with van der Waals surface area (Å²) < 4.78 is 32.3. The highest BCUT2D eigenvalue weighted by Gasteiger charge is 2.43. The van der Waals surface area contributed by atoms with Crippen LogP contribution in [0.2, 0.25) is 0 Å². The summed E-state index contributed by atoms with van der Waals surface area (Å²) in [6.07, 6.45) is 19.0. The van der Waals surface area contributed by atoms with Gasteiger partial charge in [-0.15, -0.1) is 0 Å². The number of aromatic nitrogens is 2. The Morgan fingerprint density at radius 1 is 0.836 bits per heavy atom. The summed E-state index contributed by atoms with van der Waals surface area (Å²) in [6.45, 7) is 3.64. The molecular formula is C45H56F2N8. The van der Waals surface area contributed by atoms with Crippen molar-refractivity contribution in [3.63, 3.8) is 0 Å². The van der Waals surface area contributed by atoms with Crippen LogP contribution in [0.4, 0.5) is 31.5 Å². The van der Waals surface area contributed by atoms with E-state index in [0.29, 0.717) is 36.5 Å². The standard InChI is InChI=1S/C45H56F2N8/c1-45(26-30-8-6-10-36(30)53-45)17-18-49-37-13-11-28(21-34(37)48)41-15-16-42(55(41)31-24-32(46)43(33(47)25-31)54-19-3-2-4-20-54)29-12-14-38-39(23-29)52-44(51-38)40-22-27-7-5-9-35(27)50-40/h11-14,17-18,21,23-25,27,30,35-36,40-42,49-50,53H,2-10,15-16,19-20,22,26,48H2,1H3,(H,51,52)/b18-17+/t27-,30-,35-,36-,40-,41+,42+,45?/m0/s1. The lowest BCUT2D eigenvalue weighted by Gasteiger charge is -2.35. The molecule has 4 aliphatic heterocycles. The van der Waals surface area contributed by atoms with Gasteiger partial charge in [0.1, 0.15) is 11.5 Å². The number of nitrogens with two attached hydrogens (primary N) is 1. The molecule has 0 radical (unpaired) electrons. The predicted molar refractivity (Wildman–Crippen MR) is 218 cm³/mol. The van der Waals surface area contributed by atoms with Crippen LogP contribution >= 0.6 is 0 Å². The molecule has 6 N–H and O–H groups in total. The zero-order chi connectivity index (χ0) is 37.3. The molecule has 10 rings (SSSR count). The average molecular weight is 747 g/mol. The van der Waals surface area contributed by atoms with E-state index in [1.807, 2.05) is 23.2 Å². The first-order chi connectivity index (χ1) is 26.8. The van der Waals surface area contributed by atoms with Gasteiger partial charge in [-0.2, -0.15) is 0 Å². The van der Waals surface area contributed by atoms with E-state index in [-0.39, 0.29) is 29.4 Å². The summed E-state index contributed by atoms with van der Waals surface area (Å²) in [5.41, 5.74) is 13.0. The molecule has 5 heterocycles. The van der Waals surface area contributed by atoms with Gasteiger partial charge in [0.2, 0.25) is 0 Å². The molecule has 1 unspecified atom stereocenters. The number of halogens is 2. The molecule has 8 atom stereocenters. The molecule has 4 aromatic rings. The number of imidazole rings is 1. The largest absolute Gasteiger partial charge is 0.397 e. The van der Waals surface area contributed by atoms with Gasteiger partial charge < -0.3 is 36.5 Å². The maximum absolute atomic E-state index is 16.1. The highest BCUT2D eigenvalue weighted by atomic mass is 19.1. The number of nitrogens with one attached hydrogen (secondary N) is 4. The van der Waals surface area contributed by atoms with Gasteiger partial charge in [0.25, 0.3) is 0 Å². The SMILES string of the molecule is CC1(/C=C/Nc2ccc([C@H]3CC[C@H](c4ccc5nc([C@@H]6C[C@@H]7CCC[C@@H]7N6)[nH]c5c4)N3c3cc(F)c(N4CCCCC4)c(F)c3)cc2N)C[C@@H]2CCC[C@@H]2N1. The minimum atomic E-state index is -0.497. The molecule has 4 saturated heterocycles. The summed E-state index contributed by atoms with van der Waals surface area (Å²) in [4.78, 5) is 12.8. The second kappa shape index (κ2) is 14.1. The van der Waals surface area contributed by atoms with E-state index in [4.69, 9.17) is 10.7 Å². The fourth-order valence-electron chi connectivity index (χ4n) is 11.6. The smallest absolute Gasteiger partial charge is 0.151 e. The van der Waals surface area contributed by atoms with Gasteiger partial charge in [0, 0.05) is 36.4 Å². The second-order valence-electron chi connectivity index (χ2n) is 17.9. The summed E-state index contributed by atoms with van der Waals surface area (Å²) >= 11 is 0. The van der Waals surface area contributed by atoms with Crippen molar-refractivity contribution in [1.82, 2.24) is 20.6 Å². The van der Waals surface area contributed by atoms with Crippen LogP contribution in [-0.2, 0) is 0 Å². The predicted octanol–water partition coefficient (Wildman–Crippen LogP) is 9.55. The first kappa shape index (κ1) is 35.3. The average Bonchev–Trinajstić information content (AvgIpc) is 4.02. The van der Waals surface area contributed by atoms with Crippen LogP contribution in [0.1, 0.15) is 125 Å². The van der Waals surface area contributed by atoms with Crippen molar-refractivity contribution in [3.05, 3.63) is 89.4 Å². The number of benzene rings is 3. The molecule has 0 spiro atoms. The Kier molecular flexibility index (Phi) is 9.04. The molecule has 0 bridgehead atoms. The van der Waals surface area contributed by atoms with Crippen molar-refractivity contribution in [2.45, 2.75) is 126 Å². The quantitative estimate of drug-likeness (QED) is 0.115. The van der Waals surface area contributed by atoms with Crippen LogP contribution in [0.15, 0.2) is 60.8 Å². The number of aromatic amines is 1. The molecule has 6 aliphatic rings. The Hall–Kier alpha value is -4.15. The summed E-state index contributed by atoms with van der Waals surface area (Å²) in [5, 5.41) is 11.1. The van der Waals surface area contributed by atoms with E-state index < -0.39 is 11.6 Å². The van der Waals surface area contributed by atoms with Crippen LogP contribution in [-0.4, -0.2) is 40.7 Å². The Balaban J connectivity index is 0.945. The van der Waals surface area contributed by atoms with Crippen molar-refractivity contribution in [2.24, 2.45) is 11.8 Å². The van der Waals surface area contributed by atoms with Crippen molar-refractivity contribution in [1.29, 1.82) is 0 Å². The Morgan fingerprint density at radius 3 is 2.31 bits per heavy atom. The van der Waals surface area contributed by atoms with E-state index in [2.05, 4.69) is 63.1 Å². The van der Waals surface area contributed by atoms with Gasteiger partial charge in [0.05, 0.1) is 40.5 Å². The van der Waals surface area contributed by atoms with Crippen molar-refractivity contribution in [2.75, 3.05) is 33.9 Å².